The molecule has 3 nitrogen and oxygen atoms in total. The van der Waals surface area contributed by atoms with Crippen LogP contribution in [0.25, 0.3) is 32.9 Å². The number of hydrogen-bond donors (Lipinski definition) is 0. The highest BCUT2D eigenvalue weighted by Crippen LogP contribution is 2.35. The standard InChI is InChI=1S/C24H24FN3/c1-12(2)24-27-22(18-9-7-14(4)26-16(18)6)19-10-8-17-11-13(3)21(25)15(5)20(17)23(19)28-24/h7-12H,1-6H3. The van der Waals surface area contributed by atoms with Crippen LogP contribution in [0.3, 0.4) is 0 Å². The van der Waals surface area contributed by atoms with Crippen LogP contribution in [0, 0.1) is 33.5 Å². The summed E-state index contributed by atoms with van der Waals surface area (Å²) >= 11 is 0. The maximum Gasteiger partial charge on any atom is 0.132 e. The molecule has 0 spiro atoms. The smallest absolute Gasteiger partial charge is 0.132 e. The Bertz CT molecular complexity index is 1240. The minimum Gasteiger partial charge on any atom is -0.258 e. The van der Waals surface area contributed by atoms with Crippen molar-refractivity contribution in [3.63, 3.8) is 0 Å². The molecular weight excluding hydrogens is 349 g/mol. The second-order valence-electron chi connectivity index (χ2n) is 7.86. The van der Waals surface area contributed by atoms with Crippen LogP contribution in [-0.2, 0) is 0 Å². The van der Waals surface area contributed by atoms with Crippen LogP contribution in [-0.4, -0.2) is 15.0 Å². The lowest BCUT2D eigenvalue weighted by atomic mass is 9.96. The van der Waals surface area contributed by atoms with Gasteiger partial charge in [0.15, 0.2) is 0 Å². The predicted octanol–water partition coefficient (Wildman–Crippen LogP) is 6.34. The summed E-state index contributed by atoms with van der Waals surface area (Å²) in [6.07, 6.45) is 0. The zero-order valence-corrected chi connectivity index (χ0v) is 17.2. The highest BCUT2D eigenvalue weighted by Gasteiger charge is 2.18. The van der Waals surface area contributed by atoms with Crippen LogP contribution in [0.2, 0.25) is 0 Å². The first kappa shape index (κ1) is 18.5. The van der Waals surface area contributed by atoms with E-state index in [9.17, 15) is 4.39 Å². The molecule has 0 fully saturated rings. The van der Waals surface area contributed by atoms with E-state index in [1.165, 1.54) is 0 Å². The van der Waals surface area contributed by atoms with Crippen molar-refractivity contribution in [3.05, 3.63) is 64.5 Å². The van der Waals surface area contributed by atoms with Crippen LogP contribution in [0.4, 0.5) is 4.39 Å². The molecule has 0 N–H and O–H groups in total. The van der Waals surface area contributed by atoms with Gasteiger partial charge in [0.05, 0.1) is 11.2 Å². The average molecular weight is 373 g/mol. The first-order valence-corrected chi connectivity index (χ1v) is 9.62. The van der Waals surface area contributed by atoms with Crippen molar-refractivity contribution >= 4 is 21.7 Å². The van der Waals surface area contributed by atoms with E-state index in [-0.39, 0.29) is 11.7 Å². The second kappa shape index (κ2) is 6.62. The number of benzene rings is 2. The molecular formula is C24H24FN3. The Hall–Kier alpha value is -2.88. The van der Waals surface area contributed by atoms with Gasteiger partial charge in [0.25, 0.3) is 0 Å². The highest BCUT2D eigenvalue weighted by molar-refractivity contribution is 6.10. The lowest BCUT2D eigenvalue weighted by molar-refractivity contribution is 0.612. The molecule has 2 aromatic carbocycles. The Balaban J connectivity index is 2.19. The van der Waals surface area contributed by atoms with Crippen molar-refractivity contribution in [3.8, 4) is 11.3 Å². The third kappa shape index (κ3) is 2.84. The van der Waals surface area contributed by atoms with Gasteiger partial charge in [-0.3, -0.25) is 4.98 Å². The number of rotatable bonds is 2. The predicted molar refractivity (Wildman–Crippen MR) is 113 cm³/mol. The van der Waals surface area contributed by atoms with Crippen molar-refractivity contribution in [2.75, 3.05) is 0 Å². The number of halogens is 1. The van der Waals surface area contributed by atoms with E-state index in [0.29, 0.717) is 11.1 Å². The Morgan fingerprint density at radius 1 is 0.893 bits per heavy atom. The van der Waals surface area contributed by atoms with Gasteiger partial charge in [-0.1, -0.05) is 19.9 Å². The first-order chi connectivity index (χ1) is 13.3. The van der Waals surface area contributed by atoms with Crippen LogP contribution >= 0.6 is 0 Å². The monoisotopic (exact) mass is 373 g/mol. The van der Waals surface area contributed by atoms with Crippen LogP contribution in [0.5, 0.6) is 0 Å². The fourth-order valence-corrected chi connectivity index (χ4v) is 3.85. The van der Waals surface area contributed by atoms with Crippen LogP contribution in [0.15, 0.2) is 30.3 Å². The summed E-state index contributed by atoms with van der Waals surface area (Å²) < 4.78 is 14.7. The molecule has 2 aromatic heterocycles. The quantitative estimate of drug-likeness (QED) is 0.385. The maximum atomic E-state index is 14.7. The number of nitrogens with zero attached hydrogens (tertiary/aromatic N) is 3. The molecule has 0 saturated heterocycles. The molecule has 0 bridgehead atoms. The van der Waals surface area contributed by atoms with E-state index >= 15 is 0 Å². The lowest BCUT2D eigenvalue weighted by Gasteiger charge is -2.15. The second-order valence-corrected chi connectivity index (χ2v) is 7.86. The summed E-state index contributed by atoms with van der Waals surface area (Å²) in [6.45, 7) is 11.8. The summed E-state index contributed by atoms with van der Waals surface area (Å²) in [5, 5.41) is 2.79. The largest absolute Gasteiger partial charge is 0.258 e. The molecule has 0 aliphatic heterocycles. The van der Waals surface area contributed by atoms with E-state index < -0.39 is 0 Å². The van der Waals surface area contributed by atoms with Gasteiger partial charge in [-0.25, -0.2) is 14.4 Å². The van der Waals surface area contributed by atoms with Crippen LogP contribution < -0.4 is 0 Å². The Kier molecular flexibility index (Phi) is 4.37. The minimum absolute atomic E-state index is 0.160. The van der Waals surface area contributed by atoms with Gasteiger partial charge >= 0.3 is 0 Å². The molecule has 0 saturated carbocycles. The zero-order valence-electron chi connectivity index (χ0n) is 17.2. The van der Waals surface area contributed by atoms with Gasteiger partial charge in [0.2, 0.25) is 0 Å². The molecule has 0 radical (unpaired) electrons. The van der Waals surface area contributed by atoms with Crippen molar-refractivity contribution in [2.45, 2.75) is 47.5 Å². The van der Waals surface area contributed by atoms with Crippen molar-refractivity contribution in [1.29, 1.82) is 0 Å². The van der Waals surface area contributed by atoms with E-state index in [1.807, 2.05) is 45.0 Å². The van der Waals surface area contributed by atoms with Gasteiger partial charge in [0.1, 0.15) is 11.6 Å². The van der Waals surface area contributed by atoms with Gasteiger partial charge in [-0.2, -0.15) is 0 Å². The number of pyridine rings is 1. The Labute approximate surface area is 164 Å². The maximum absolute atomic E-state index is 14.7. The van der Waals surface area contributed by atoms with Crippen molar-refractivity contribution < 1.29 is 4.39 Å². The third-order valence-corrected chi connectivity index (χ3v) is 5.34. The zero-order chi connectivity index (χ0) is 20.2. The minimum atomic E-state index is -0.167. The molecule has 4 rings (SSSR count). The van der Waals surface area contributed by atoms with E-state index in [1.54, 1.807) is 6.92 Å². The summed E-state index contributed by atoms with van der Waals surface area (Å²) in [6, 6.07) is 10.0. The summed E-state index contributed by atoms with van der Waals surface area (Å²) in [7, 11) is 0. The molecule has 142 valence electrons. The highest BCUT2D eigenvalue weighted by atomic mass is 19.1. The molecule has 2 heterocycles. The molecule has 4 heteroatoms. The summed E-state index contributed by atoms with van der Waals surface area (Å²) in [5.41, 5.74) is 5.86. The average Bonchev–Trinajstić information content (AvgIpc) is 2.65. The van der Waals surface area contributed by atoms with E-state index in [2.05, 4.69) is 24.9 Å². The summed E-state index contributed by atoms with van der Waals surface area (Å²) in [5.74, 6) is 0.752. The topological polar surface area (TPSA) is 38.7 Å². The molecule has 0 aliphatic rings. The van der Waals surface area contributed by atoms with Gasteiger partial charge in [-0.05, 0) is 68.5 Å². The normalized spacial score (nSPS) is 11.7. The van der Waals surface area contributed by atoms with Crippen LogP contribution in [0.1, 0.15) is 48.1 Å². The number of hydrogen-bond acceptors (Lipinski definition) is 3. The van der Waals surface area contributed by atoms with E-state index in [4.69, 9.17) is 9.97 Å². The fourth-order valence-electron chi connectivity index (χ4n) is 3.85. The number of aryl methyl sites for hydroxylation is 4. The van der Waals surface area contributed by atoms with Gasteiger partial charge < -0.3 is 0 Å². The lowest BCUT2D eigenvalue weighted by Crippen LogP contribution is -2.03. The first-order valence-electron chi connectivity index (χ1n) is 9.62. The van der Waals surface area contributed by atoms with Crippen molar-refractivity contribution in [2.24, 2.45) is 0 Å². The molecule has 0 aliphatic carbocycles. The van der Waals surface area contributed by atoms with Gasteiger partial charge in [-0.15, -0.1) is 0 Å². The molecule has 0 amide bonds. The third-order valence-electron chi connectivity index (χ3n) is 5.34. The molecule has 28 heavy (non-hydrogen) atoms. The number of fused-ring (bicyclic) bond motifs is 3. The van der Waals surface area contributed by atoms with E-state index in [0.717, 1.165) is 50.1 Å². The van der Waals surface area contributed by atoms with Crippen molar-refractivity contribution in [1.82, 2.24) is 15.0 Å². The SMILES string of the molecule is Cc1ccc(-c2nc(C(C)C)nc3c2ccc2cc(C)c(F)c(C)c23)c(C)n1. The van der Waals surface area contributed by atoms with Gasteiger partial charge in [0, 0.05) is 33.6 Å². The fraction of sp³-hybridized carbons (Fsp3) is 0.292. The Morgan fingerprint density at radius 2 is 1.64 bits per heavy atom. The Morgan fingerprint density at radius 3 is 2.32 bits per heavy atom. The molecule has 0 unspecified atom stereocenters. The number of aromatic nitrogens is 3. The molecule has 4 aromatic rings. The summed E-state index contributed by atoms with van der Waals surface area (Å²) in [4.78, 5) is 14.4. The molecule has 0 atom stereocenters.